The molecule has 1 nitrogen and oxygen atoms in total. The van der Waals surface area contributed by atoms with Gasteiger partial charge >= 0.3 is 0 Å². The molecule has 1 atom stereocenters. The van der Waals surface area contributed by atoms with Gasteiger partial charge in [-0.2, -0.15) is 0 Å². The first-order chi connectivity index (χ1) is 18.9. The Morgan fingerprint density at radius 2 is 1.49 bits per heavy atom. The van der Waals surface area contributed by atoms with Gasteiger partial charge in [0.05, 0.1) is 0 Å². The molecule has 0 saturated heterocycles. The number of fused-ring (bicyclic) bond motifs is 3. The number of benzene rings is 4. The average molecular weight is 508 g/mol. The number of aryl methyl sites for hydroxylation is 1. The number of hydrogen-bond acceptors (Lipinski definition) is 1. The number of rotatable bonds is 5. The van der Waals surface area contributed by atoms with Crippen LogP contribution in [0.5, 0.6) is 0 Å². The van der Waals surface area contributed by atoms with Gasteiger partial charge in [0.25, 0.3) is 0 Å². The summed E-state index contributed by atoms with van der Waals surface area (Å²) in [6.45, 7) is 11.2. The summed E-state index contributed by atoms with van der Waals surface area (Å²) in [6, 6.07) is 33.7. The molecule has 0 N–H and O–H groups in total. The van der Waals surface area contributed by atoms with Crippen LogP contribution in [0.25, 0.3) is 16.7 Å². The standard InChI is InChI=1S/C38H37N/c1-6-27(3)39(33-21-23-35-34-22-12-26(2)24-36(34)38(4,5)37(35)25-33)32-19-17-31(18-20-32)30-15-13-29(14-16-30)28-10-8-7-9-11-28/h6-15,17-25,30H,16H2,1-5H3/b27-6+. The van der Waals surface area contributed by atoms with Crippen LogP contribution in [0.1, 0.15) is 67.9 Å². The molecule has 4 aromatic rings. The van der Waals surface area contributed by atoms with Crippen LogP contribution in [0.3, 0.4) is 0 Å². The molecule has 0 aliphatic heterocycles. The summed E-state index contributed by atoms with van der Waals surface area (Å²) in [5.74, 6) is 0.408. The Kier molecular flexibility index (Phi) is 6.39. The van der Waals surface area contributed by atoms with Crippen LogP contribution in [0.4, 0.5) is 11.4 Å². The SMILES string of the molecule is C/C=C(\C)N(c1ccc(C2C=CC(c3ccccc3)=CC2)cc1)c1ccc2c(c1)C(C)(C)c1cc(C)ccc1-2. The van der Waals surface area contributed by atoms with Gasteiger partial charge in [0, 0.05) is 28.4 Å². The molecule has 2 aliphatic carbocycles. The van der Waals surface area contributed by atoms with Crippen molar-refractivity contribution in [2.45, 2.75) is 52.4 Å². The predicted octanol–water partition coefficient (Wildman–Crippen LogP) is 10.5. The Morgan fingerprint density at radius 1 is 0.821 bits per heavy atom. The molecule has 0 heterocycles. The minimum Gasteiger partial charge on any atom is -0.315 e. The molecule has 0 amide bonds. The van der Waals surface area contributed by atoms with Crippen molar-refractivity contribution in [2.75, 3.05) is 4.90 Å². The number of nitrogens with zero attached hydrogens (tertiary/aromatic N) is 1. The van der Waals surface area contributed by atoms with Gasteiger partial charge in [0.2, 0.25) is 0 Å². The van der Waals surface area contributed by atoms with E-state index in [2.05, 4.69) is 155 Å². The molecule has 0 aromatic heterocycles. The Balaban J connectivity index is 1.29. The van der Waals surface area contributed by atoms with E-state index < -0.39 is 0 Å². The zero-order chi connectivity index (χ0) is 27.1. The van der Waals surface area contributed by atoms with Crippen LogP contribution >= 0.6 is 0 Å². The van der Waals surface area contributed by atoms with E-state index in [-0.39, 0.29) is 5.41 Å². The molecule has 0 saturated carbocycles. The zero-order valence-corrected chi connectivity index (χ0v) is 23.7. The summed E-state index contributed by atoms with van der Waals surface area (Å²) in [6.07, 6.45) is 10.2. The lowest BCUT2D eigenvalue weighted by atomic mass is 9.82. The van der Waals surface area contributed by atoms with Crippen molar-refractivity contribution in [3.8, 4) is 11.1 Å². The second kappa shape index (κ2) is 9.89. The summed E-state index contributed by atoms with van der Waals surface area (Å²) >= 11 is 0. The van der Waals surface area contributed by atoms with E-state index >= 15 is 0 Å². The Labute approximate surface area is 233 Å². The van der Waals surface area contributed by atoms with Crippen LogP contribution in [0.2, 0.25) is 0 Å². The molecule has 1 heteroatoms. The van der Waals surface area contributed by atoms with Crippen LogP contribution in [-0.4, -0.2) is 0 Å². The predicted molar refractivity (Wildman–Crippen MR) is 168 cm³/mol. The number of allylic oxidation sites excluding steroid dienone is 6. The fraction of sp³-hybridized carbons (Fsp3) is 0.211. The van der Waals surface area contributed by atoms with E-state index in [0.717, 1.165) is 6.42 Å². The van der Waals surface area contributed by atoms with Crippen molar-refractivity contribution >= 4 is 16.9 Å². The number of hydrogen-bond donors (Lipinski definition) is 0. The first-order valence-electron chi connectivity index (χ1n) is 14.1. The first-order valence-corrected chi connectivity index (χ1v) is 14.1. The van der Waals surface area contributed by atoms with Crippen molar-refractivity contribution < 1.29 is 0 Å². The van der Waals surface area contributed by atoms with Crippen LogP contribution in [0.15, 0.2) is 121 Å². The van der Waals surface area contributed by atoms with Gasteiger partial charge in [-0.05, 0) is 90.4 Å². The summed E-state index contributed by atoms with van der Waals surface area (Å²) < 4.78 is 0. The van der Waals surface area contributed by atoms with Crippen molar-refractivity contribution in [1.29, 1.82) is 0 Å². The fourth-order valence-corrected chi connectivity index (χ4v) is 6.25. The molecule has 194 valence electrons. The minimum atomic E-state index is -0.0223. The highest BCUT2D eigenvalue weighted by molar-refractivity contribution is 5.84. The molecule has 6 rings (SSSR count). The molecule has 1 unspecified atom stereocenters. The third-order valence-corrected chi connectivity index (χ3v) is 8.63. The quantitative estimate of drug-likeness (QED) is 0.260. The molecule has 0 radical (unpaired) electrons. The Morgan fingerprint density at radius 3 is 2.15 bits per heavy atom. The lowest BCUT2D eigenvalue weighted by Gasteiger charge is -2.29. The van der Waals surface area contributed by atoms with E-state index in [1.807, 2.05) is 0 Å². The third kappa shape index (κ3) is 4.46. The van der Waals surface area contributed by atoms with Crippen LogP contribution in [-0.2, 0) is 5.41 Å². The van der Waals surface area contributed by atoms with E-state index in [1.54, 1.807) is 0 Å². The van der Waals surface area contributed by atoms with Crippen molar-refractivity contribution in [3.05, 3.63) is 149 Å². The normalized spacial score (nSPS) is 17.4. The van der Waals surface area contributed by atoms with Gasteiger partial charge in [-0.1, -0.05) is 110 Å². The maximum atomic E-state index is 2.41. The van der Waals surface area contributed by atoms with Gasteiger partial charge in [0.1, 0.15) is 0 Å². The summed E-state index contributed by atoms with van der Waals surface area (Å²) in [5.41, 5.74) is 14.4. The van der Waals surface area contributed by atoms with E-state index in [9.17, 15) is 0 Å². The van der Waals surface area contributed by atoms with Crippen LogP contribution < -0.4 is 4.90 Å². The van der Waals surface area contributed by atoms with Crippen molar-refractivity contribution in [3.63, 3.8) is 0 Å². The lowest BCUT2D eigenvalue weighted by Crippen LogP contribution is -2.18. The highest BCUT2D eigenvalue weighted by atomic mass is 15.1. The third-order valence-electron chi connectivity index (χ3n) is 8.63. The smallest absolute Gasteiger partial charge is 0.0461 e. The molecule has 0 fully saturated rings. The van der Waals surface area contributed by atoms with Gasteiger partial charge in [-0.15, -0.1) is 0 Å². The minimum absolute atomic E-state index is 0.0223. The maximum absolute atomic E-state index is 2.41. The molecule has 4 aromatic carbocycles. The van der Waals surface area contributed by atoms with Gasteiger partial charge < -0.3 is 4.90 Å². The maximum Gasteiger partial charge on any atom is 0.0461 e. The molecule has 0 bridgehead atoms. The molecule has 39 heavy (non-hydrogen) atoms. The van der Waals surface area contributed by atoms with Gasteiger partial charge in [-0.25, -0.2) is 0 Å². The molecular weight excluding hydrogens is 470 g/mol. The Hall–Kier alpha value is -4.10. The summed E-state index contributed by atoms with van der Waals surface area (Å²) in [5, 5.41) is 0. The highest BCUT2D eigenvalue weighted by Crippen LogP contribution is 2.50. The monoisotopic (exact) mass is 507 g/mol. The summed E-state index contributed by atoms with van der Waals surface area (Å²) in [4.78, 5) is 2.39. The van der Waals surface area contributed by atoms with E-state index in [4.69, 9.17) is 0 Å². The molecule has 2 aliphatic rings. The lowest BCUT2D eigenvalue weighted by molar-refractivity contribution is 0.659. The summed E-state index contributed by atoms with van der Waals surface area (Å²) in [7, 11) is 0. The van der Waals surface area contributed by atoms with E-state index in [0.29, 0.717) is 5.92 Å². The second-order valence-electron chi connectivity index (χ2n) is 11.5. The topological polar surface area (TPSA) is 3.24 Å². The number of anilines is 2. The Bertz CT molecular complexity index is 1610. The van der Waals surface area contributed by atoms with Crippen LogP contribution in [0, 0.1) is 6.92 Å². The molecular formula is C38H37N. The highest BCUT2D eigenvalue weighted by Gasteiger charge is 2.36. The second-order valence-corrected chi connectivity index (χ2v) is 11.5. The van der Waals surface area contributed by atoms with Crippen molar-refractivity contribution in [1.82, 2.24) is 0 Å². The van der Waals surface area contributed by atoms with Crippen molar-refractivity contribution in [2.24, 2.45) is 0 Å². The van der Waals surface area contributed by atoms with Gasteiger partial charge in [0.15, 0.2) is 0 Å². The van der Waals surface area contributed by atoms with E-state index in [1.165, 1.54) is 61.6 Å². The largest absolute Gasteiger partial charge is 0.315 e. The molecule has 0 spiro atoms. The first kappa shape index (κ1) is 25.2. The zero-order valence-electron chi connectivity index (χ0n) is 23.7. The average Bonchev–Trinajstić information content (AvgIpc) is 3.19. The fourth-order valence-electron chi connectivity index (χ4n) is 6.25. The van der Waals surface area contributed by atoms with Gasteiger partial charge in [-0.3, -0.25) is 0 Å².